The number of rotatable bonds is 3. The molecular formula is C20H19ClN2O2. The van der Waals surface area contributed by atoms with Gasteiger partial charge in [-0.3, -0.25) is 9.59 Å². The van der Waals surface area contributed by atoms with Crippen LogP contribution in [-0.4, -0.2) is 11.8 Å². The second kappa shape index (κ2) is 6.37. The molecule has 0 bridgehead atoms. The Labute approximate surface area is 152 Å². The molecule has 0 aromatic heterocycles. The summed E-state index contributed by atoms with van der Waals surface area (Å²) < 4.78 is 0. The fourth-order valence-corrected chi connectivity index (χ4v) is 3.09. The first-order valence-electron chi connectivity index (χ1n) is 7.99. The number of carbonyl (C=O) groups is 2. The maximum Gasteiger partial charge on any atom is 0.283 e. The molecule has 1 heterocycles. The average molecular weight is 355 g/mol. The monoisotopic (exact) mass is 354 g/mol. The number of imide groups is 1. The lowest BCUT2D eigenvalue weighted by Gasteiger charge is -2.18. The number of anilines is 2. The highest BCUT2D eigenvalue weighted by Gasteiger charge is 2.39. The van der Waals surface area contributed by atoms with Gasteiger partial charge in [-0.1, -0.05) is 41.4 Å². The normalized spacial score (nSPS) is 14.5. The molecule has 25 heavy (non-hydrogen) atoms. The molecule has 1 aliphatic heterocycles. The van der Waals surface area contributed by atoms with E-state index in [1.807, 2.05) is 64.1 Å². The third-order valence-corrected chi connectivity index (χ3v) is 4.63. The topological polar surface area (TPSA) is 49.4 Å². The molecule has 1 N–H and O–H groups in total. The van der Waals surface area contributed by atoms with E-state index in [4.69, 9.17) is 11.6 Å². The van der Waals surface area contributed by atoms with Gasteiger partial charge >= 0.3 is 0 Å². The molecule has 0 saturated heterocycles. The van der Waals surface area contributed by atoms with Gasteiger partial charge in [0, 0.05) is 5.69 Å². The average Bonchev–Trinajstić information content (AvgIpc) is 2.76. The van der Waals surface area contributed by atoms with E-state index < -0.39 is 11.8 Å². The number of benzene rings is 2. The second-order valence-corrected chi connectivity index (χ2v) is 6.75. The van der Waals surface area contributed by atoms with Crippen LogP contribution in [-0.2, 0) is 9.59 Å². The molecule has 2 aromatic rings. The summed E-state index contributed by atoms with van der Waals surface area (Å²) in [5.74, 6) is -0.948. The molecule has 2 amide bonds. The summed E-state index contributed by atoms with van der Waals surface area (Å²) in [6.45, 7) is 7.71. The maximum absolute atomic E-state index is 12.9. The van der Waals surface area contributed by atoms with Crippen LogP contribution in [0.2, 0.25) is 0 Å². The SMILES string of the molecule is Cc1ccc(NC2=C(Cl)C(=O)N(c3cc(C)ccc3C)C2=O)c(C)c1. The molecule has 0 aliphatic carbocycles. The standard InChI is InChI=1S/C20H19ClN2O2/c1-11-6-8-15(14(4)9-11)22-18-17(21)19(24)23(20(18)25)16-10-12(2)5-7-13(16)3/h5-10,22H,1-4H3. The van der Waals surface area contributed by atoms with Crippen LogP contribution in [0, 0.1) is 27.7 Å². The summed E-state index contributed by atoms with van der Waals surface area (Å²) in [6.07, 6.45) is 0. The van der Waals surface area contributed by atoms with E-state index >= 15 is 0 Å². The van der Waals surface area contributed by atoms with Crippen molar-refractivity contribution in [3.05, 3.63) is 69.4 Å². The van der Waals surface area contributed by atoms with E-state index in [0.29, 0.717) is 5.69 Å². The first kappa shape index (κ1) is 17.2. The van der Waals surface area contributed by atoms with E-state index in [1.165, 1.54) is 0 Å². The van der Waals surface area contributed by atoms with E-state index in [0.717, 1.165) is 32.8 Å². The minimum absolute atomic E-state index is 0.0918. The van der Waals surface area contributed by atoms with Gasteiger partial charge in [-0.15, -0.1) is 0 Å². The zero-order chi connectivity index (χ0) is 18.3. The van der Waals surface area contributed by atoms with Crippen molar-refractivity contribution in [2.24, 2.45) is 0 Å². The summed E-state index contributed by atoms with van der Waals surface area (Å²) >= 11 is 6.20. The Hall–Kier alpha value is -2.59. The van der Waals surface area contributed by atoms with Gasteiger partial charge in [0.05, 0.1) is 5.69 Å². The summed E-state index contributed by atoms with van der Waals surface area (Å²) in [5.41, 5.74) is 5.32. The van der Waals surface area contributed by atoms with Gasteiger partial charge in [0.25, 0.3) is 11.8 Å². The molecular weight excluding hydrogens is 336 g/mol. The fraction of sp³-hybridized carbons (Fsp3) is 0.200. The molecule has 2 aromatic carbocycles. The quantitative estimate of drug-likeness (QED) is 0.833. The number of nitrogens with one attached hydrogen (secondary N) is 1. The van der Waals surface area contributed by atoms with Gasteiger partial charge in [-0.25, -0.2) is 4.90 Å². The number of nitrogens with zero attached hydrogens (tertiary/aromatic N) is 1. The first-order chi connectivity index (χ1) is 11.8. The molecule has 0 unspecified atom stereocenters. The van der Waals surface area contributed by atoms with Crippen LogP contribution in [0.3, 0.4) is 0 Å². The van der Waals surface area contributed by atoms with E-state index in [9.17, 15) is 9.59 Å². The molecule has 0 radical (unpaired) electrons. The van der Waals surface area contributed by atoms with E-state index in [1.54, 1.807) is 0 Å². The van der Waals surface area contributed by atoms with Crippen molar-refractivity contribution in [3.8, 4) is 0 Å². The Bertz CT molecular complexity index is 931. The minimum Gasteiger partial charge on any atom is -0.349 e. The number of halogens is 1. The number of amides is 2. The second-order valence-electron chi connectivity index (χ2n) is 6.37. The van der Waals surface area contributed by atoms with Gasteiger partial charge in [-0.05, 0) is 56.5 Å². The van der Waals surface area contributed by atoms with Crippen molar-refractivity contribution in [1.82, 2.24) is 0 Å². The van der Waals surface area contributed by atoms with Crippen LogP contribution in [0.15, 0.2) is 47.1 Å². The summed E-state index contributed by atoms with van der Waals surface area (Å²) in [5, 5.41) is 2.94. The molecule has 128 valence electrons. The number of hydrogen-bond acceptors (Lipinski definition) is 3. The maximum atomic E-state index is 12.9. The van der Waals surface area contributed by atoms with Crippen molar-refractivity contribution < 1.29 is 9.59 Å². The number of carbonyl (C=O) groups excluding carboxylic acids is 2. The molecule has 4 nitrogen and oxygen atoms in total. The molecule has 0 fully saturated rings. The van der Waals surface area contributed by atoms with E-state index in [2.05, 4.69) is 5.32 Å². The first-order valence-corrected chi connectivity index (χ1v) is 8.37. The molecule has 3 rings (SSSR count). The molecule has 0 spiro atoms. The lowest BCUT2D eigenvalue weighted by atomic mass is 10.1. The number of hydrogen-bond donors (Lipinski definition) is 1. The predicted octanol–water partition coefficient (Wildman–Crippen LogP) is 4.36. The minimum atomic E-state index is -0.507. The molecule has 0 saturated carbocycles. The lowest BCUT2D eigenvalue weighted by molar-refractivity contribution is -0.120. The van der Waals surface area contributed by atoms with Crippen molar-refractivity contribution in [2.45, 2.75) is 27.7 Å². The van der Waals surface area contributed by atoms with Gasteiger partial charge in [-0.2, -0.15) is 0 Å². The van der Waals surface area contributed by atoms with Gasteiger partial charge < -0.3 is 5.32 Å². The smallest absolute Gasteiger partial charge is 0.283 e. The Morgan fingerprint density at radius 3 is 2.16 bits per heavy atom. The van der Waals surface area contributed by atoms with Crippen LogP contribution in [0.1, 0.15) is 22.3 Å². The zero-order valence-electron chi connectivity index (χ0n) is 14.6. The summed E-state index contributed by atoms with van der Waals surface area (Å²) in [7, 11) is 0. The zero-order valence-corrected chi connectivity index (χ0v) is 15.4. The highest BCUT2D eigenvalue weighted by molar-refractivity contribution is 6.53. The number of aryl methyl sites for hydroxylation is 4. The predicted molar refractivity (Wildman–Crippen MR) is 101 cm³/mol. The highest BCUT2D eigenvalue weighted by Crippen LogP contribution is 2.33. The summed E-state index contributed by atoms with van der Waals surface area (Å²) in [6, 6.07) is 11.5. The van der Waals surface area contributed by atoms with Crippen molar-refractivity contribution in [3.63, 3.8) is 0 Å². The van der Waals surface area contributed by atoms with Crippen LogP contribution >= 0.6 is 11.6 Å². The molecule has 1 aliphatic rings. The van der Waals surface area contributed by atoms with Crippen LogP contribution in [0.5, 0.6) is 0 Å². The van der Waals surface area contributed by atoms with Gasteiger partial charge in [0.2, 0.25) is 0 Å². The molecule has 0 atom stereocenters. The largest absolute Gasteiger partial charge is 0.349 e. The third-order valence-electron chi connectivity index (χ3n) is 4.27. The van der Waals surface area contributed by atoms with E-state index in [-0.39, 0.29) is 10.7 Å². The lowest BCUT2D eigenvalue weighted by Crippen LogP contribution is -2.33. The highest BCUT2D eigenvalue weighted by atomic mass is 35.5. The Morgan fingerprint density at radius 2 is 1.48 bits per heavy atom. The van der Waals surface area contributed by atoms with Crippen molar-refractivity contribution >= 4 is 34.8 Å². The Morgan fingerprint density at radius 1 is 0.840 bits per heavy atom. The van der Waals surface area contributed by atoms with Gasteiger partial charge in [0.1, 0.15) is 10.7 Å². The van der Waals surface area contributed by atoms with Gasteiger partial charge in [0.15, 0.2) is 0 Å². The Balaban J connectivity index is 1.98. The Kier molecular flexibility index (Phi) is 4.39. The fourth-order valence-electron chi connectivity index (χ4n) is 2.88. The molecule has 5 heteroatoms. The van der Waals surface area contributed by atoms with Crippen LogP contribution < -0.4 is 10.2 Å². The van der Waals surface area contributed by atoms with Crippen molar-refractivity contribution in [2.75, 3.05) is 10.2 Å². The van der Waals surface area contributed by atoms with Crippen molar-refractivity contribution in [1.29, 1.82) is 0 Å². The summed E-state index contributed by atoms with van der Waals surface area (Å²) in [4.78, 5) is 26.6. The van der Waals surface area contributed by atoms with Crippen LogP contribution in [0.4, 0.5) is 11.4 Å². The van der Waals surface area contributed by atoms with Crippen LogP contribution in [0.25, 0.3) is 0 Å². The third kappa shape index (κ3) is 3.05.